The first kappa shape index (κ1) is 20.0. The van der Waals surface area contributed by atoms with Gasteiger partial charge in [0, 0.05) is 54.8 Å². The van der Waals surface area contributed by atoms with Crippen LogP contribution in [0.3, 0.4) is 0 Å². The number of halogens is 4. The lowest BCUT2D eigenvalue weighted by Crippen LogP contribution is -2.14. The largest absolute Gasteiger partial charge is 0.160 e. The van der Waals surface area contributed by atoms with E-state index >= 15 is 0 Å². The molecule has 0 aliphatic carbocycles. The highest BCUT2D eigenvalue weighted by molar-refractivity contribution is 9.09. The fraction of sp³-hybridized carbons (Fsp3) is 1.00. The van der Waals surface area contributed by atoms with E-state index in [0.717, 1.165) is 31.8 Å². The van der Waals surface area contributed by atoms with Crippen LogP contribution in [0.25, 0.3) is 0 Å². The molecule has 0 nitrogen and oxygen atoms in total. The van der Waals surface area contributed by atoms with Crippen molar-refractivity contribution in [3.63, 3.8) is 0 Å². The van der Waals surface area contributed by atoms with E-state index < -0.39 is 0 Å². The molecule has 2 atom stereocenters. The highest BCUT2D eigenvalue weighted by Crippen LogP contribution is 2.23. The van der Waals surface area contributed by atoms with E-state index in [9.17, 15) is 0 Å². The Kier molecular flexibility index (Phi) is 18.0. The molecular weight excluding hydrogens is 536 g/mol. The van der Waals surface area contributed by atoms with E-state index in [1.54, 1.807) is 0 Å². The normalized spacial score (nSPS) is 14.8. The van der Waals surface area contributed by atoms with E-state index in [0.29, 0.717) is 0 Å². The maximum Gasteiger partial charge on any atom is 0.0235 e. The van der Waals surface area contributed by atoms with Gasteiger partial charge in [-0.25, -0.2) is 0 Å². The molecule has 0 aliphatic heterocycles. The van der Waals surface area contributed by atoms with Gasteiger partial charge in [0.05, 0.1) is 0 Å². The van der Waals surface area contributed by atoms with Gasteiger partial charge in [0.1, 0.15) is 0 Å². The first-order valence-corrected chi connectivity index (χ1v) is 13.1. The minimum atomic E-state index is 0.745. The Morgan fingerprint density at radius 2 is 1.12 bits per heavy atom. The van der Waals surface area contributed by atoms with Crippen molar-refractivity contribution in [1.82, 2.24) is 0 Å². The standard InChI is InChI=1S/C10H18Br4S3/c11-1-3-16-9(5-13)7-15-8-10(6-14)17-4-2-12/h9-10H,1-8H2. The summed E-state index contributed by atoms with van der Waals surface area (Å²) in [6, 6.07) is 0. The monoisotopic (exact) mass is 550 g/mol. The zero-order chi connectivity index (χ0) is 12.9. The Balaban J connectivity index is 3.61. The molecule has 0 bridgehead atoms. The van der Waals surface area contributed by atoms with E-state index in [1.165, 1.54) is 23.0 Å². The van der Waals surface area contributed by atoms with Crippen LogP contribution < -0.4 is 0 Å². The molecule has 0 heterocycles. The summed E-state index contributed by atoms with van der Waals surface area (Å²) in [5.41, 5.74) is 0. The SMILES string of the molecule is BrCCSC(CBr)CSCC(CBr)SCCBr. The molecule has 2 unspecified atom stereocenters. The van der Waals surface area contributed by atoms with Gasteiger partial charge in [-0.2, -0.15) is 35.3 Å². The predicted octanol–water partition coefficient (Wildman–Crippen LogP) is 5.50. The average molecular weight is 554 g/mol. The second-order valence-corrected chi connectivity index (χ2v) is 9.98. The van der Waals surface area contributed by atoms with E-state index in [4.69, 9.17) is 0 Å². The van der Waals surface area contributed by atoms with Gasteiger partial charge in [-0.1, -0.05) is 63.7 Å². The van der Waals surface area contributed by atoms with Crippen LogP contribution in [0.15, 0.2) is 0 Å². The van der Waals surface area contributed by atoms with Crippen LogP contribution in [0.1, 0.15) is 0 Å². The summed E-state index contributed by atoms with van der Waals surface area (Å²) in [6.45, 7) is 0. The van der Waals surface area contributed by atoms with Gasteiger partial charge in [-0.05, 0) is 0 Å². The Morgan fingerprint density at radius 1 is 0.706 bits per heavy atom. The van der Waals surface area contributed by atoms with Crippen LogP contribution in [-0.4, -0.2) is 54.8 Å². The van der Waals surface area contributed by atoms with Crippen molar-refractivity contribution >= 4 is 99.0 Å². The third-order valence-corrected chi connectivity index (χ3v) is 10.3. The lowest BCUT2D eigenvalue weighted by molar-refractivity contribution is 1.12. The number of rotatable bonds is 12. The summed E-state index contributed by atoms with van der Waals surface area (Å²) in [5, 5.41) is 5.88. The maximum atomic E-state index is 3.60. The molecule has 0 amide bonds. The number of hydrogen-bond donors (Lipinski definition) is 0. The van der Waals surface area contributed by atoms with Crippen LogP contribution in [0.4, 0.5) is 0 Å². The number of alkyl halides is 4. The molecule has 0 radical (unpaired) electrons. The minimum absolute atomic E-state index is 0.745. The van der Waals surface area contributed by atoms with Gasteiger partial charge in [0.15, 0.2) is 0 Å². The van der Waals surface area contributed by atoms with Crippen molar-refractivity contribution in [2.75, 3.05) is 44.3 Å². The minimum Gasteiger partial charge on any atom is -0.160 e. The second-order valence-electron chi connectivity index (χ2n) is 3.21. The van der Waals surface area contributed by atoms with Crippen LogP contribution in [0, 0.1) is 0 Å². The Morgan fingerprint density at radius 3 is 1.41 bits per heavy atom. The van der Waals surface area contributed by atoms with Crippen molar-refractivity contribution in [2.24, 2.45) is 0 Å². The first-order chi connectivity index (χ1) is 8.28. The summed E-state index contributed by atoms with van der Waals surface area (Å²) >= 11 is 20.4. The third-order valence-electron chi connectivity index (χ3n) is 1.81. The molecule has 0 spiro atoms. The fourth-order valence-electron chi connectivity index (χ4n) is 1.03. The fourth-order valence-corrected chi connectivity index (χ4v) is 7.60. The topological polar surface area (TPSA) is 0 Å². The summed E-state index contributed by atoms with van der Waals surface area (Å²) in [6.07, 6.45) is 0. The van der Waals surface area contributed by atoms with Gasteiger partial charge in [-0.15, -0.1) is 0 Å². The maximum absolute atomic E-state index is 3.60. The summed E-state index contributed by atoms with van der Waals surface area (Å²) in [7, 11) is 0. The highest BCUT2D eigenvalue weighted by atomic mass is 79.9. The Labute approximate surface area is 152 Å². The van der Waals surface area contributed by atoms with E-state index in [1.807, 2.05) is 0 Å². The van der Waals surface area contributed by atoms with Crippen molar-refractivity contribution in [1.29, 1.82) is 0 Å². The second kappa shape index (κ2) is 15.4. The molecule has 17 heavy (non-hydrogen) atoms. The van der Waals surface area contributed by atoms with E-state index in [-0.39, 0.29) is 0 Å². The molecular formula is C10H18Br4S3. The highest BCUT2D eigenvalue weighted by Gasteiger charge is 2.11. The predicted molar refractivity (Wildman–Crippen MR) is 105 cm³/mol. The molecule has 0 aromatic heterocycles. The van der Waals surface area contributed by atoms with Gasteiger partial charge in [0.25, 0.3) is 0 Å². The van der Waals surface area contributed by atoms with Crippen molar-refractivity contribution < 1.29 is 0 Å². The number of hydrogen-bond acceptors (Lipinski definition) is 3. The van der Waals surface area contributed by atoms with Crippen LogP contribution in [0.2, 0.25) is 0 Å². The molecule has 0 rings (SSSR count). The van der Waals surface area contributed by atoms with Crippen molar-refractivity contribution in [3.8, 4) is 0 Å². The zero-order valence-corrected chi connectivity index (χ0v) is 18.3. The molecule has 0 fully saturated rings. The molecule has 7 heteroatoms. The summed E-state index contributed by atoms with van der Waals surface area (Å²) < 4.78 is 0. The van der Waals surface area contributed by atoms with Crippen LogP contribution in [-0.2, 0) is 0 Å². The Bertz CT molecular complexity index is 146. The van der Waals surface area contributed by atoms with Crippen molar-refractivity contribution in [3.05, 3.63) is 0 Å². The van der Waals surface area contributed by atoms with Gasteiger partial charge < -0.3 is 0 Å². The zero-order valence-electron chi connectivity index (χ0n) is 9.55. The number of thioether (sulfide) groups is 3. The van der Waals surface area contributed by atoms with Gasteiger partial charge >= 0.3 is 0 Å². The third kappa shape index (κ3) is 12.4. The molecule has 0 aromatic carbocycles. The average Bonchev–Trinajstić information content (AvgIpc) is 2.37. The Hall–Kier alpha value is 2.97. The van der Waals surface area contributed by atoms with Crippen LogP contribution >= 0.6 is 99.0 Å². The van der Waals surface area contributed by atoms with Crippen molar-refractivity contribution in [2.45, 2.75) is 10.5 Å². The van der Waals surface area contributed by atoms with Gasteiger partial charge in [0.2, 0.25) is 0 Å². The molecule has 0 saturated heterocycles. The molecule has 104 valence electrons. The van der Waals surface area contributed by atoms with Crippen LogP contribution in [0.5, 0.6) is 0 Å². The molecule has 0 saturated carbocycles. The lowest BCUT2D eigenvalue weighted by Gasteiger charge is -2.16. The molecule has 0 N–H and O–H groups in total. The first-order valence-electron chi connectivity index (χ1n) is 5.33. The van der Waals surface area contributed by atoms with Gasteiger partial charge in [-0.3, -0.25) is 0 Å². The smallest absolute Gasteiger partial charge is 0.0235 e. The quantitative estimate of drug-likeness (QED) is 0.293. The van der Waals surface area contributed by atoms with E-state index in [2.05, 4.69) is 99.0 Å². The molecule has 0 aromatic rings. The summed E-state index contributed by atoms with van der Waals surface area (Å²) in [4.78, 5) is 0. The summed E-state index contributed by atoms with van der Waals surface area (Å²) in [5.74, 6) is 4.91. The molecule has 0 aliphatic rings. The lowest BCUT2D eigenvalue weighted by atomic mass is 10.5.